The molecule has 2 saturated heterocycles. The molecule has 0 aromatic rings. The largest absolute Gasteiger partial charge is 0.293 e. The number of likely N-dealkylation sites (tertiary alicyclic amines) is 2. The van der Waals surface area contributed by atoms with E-state index in [0.29, 0.717) is 35.1 Å². The summed E-state index contributed by atoms with van der Waals surface area (Å²) in [5.74, 6) is 2.55. The molecular formula is C29H58N2. The molecule has 0 radical (unpaired) electrons. The van der Waals surface area contributed by atoms with Gasteiger partial charge in [0.15, 0.2) is 0 Å². The van der Waals surface area contributed by atoms with Crippen LogP contribution in [0.5, 0.6) is 0 Å². The monoisotopic (exact) mass is 434 g/mol. The van der Waals surface area contributed by atoms with Crippen molar-refractivity contribution in [1.82, 2.24) is 9.80 Å². The molecule has 0 saturated carbocycles. The highest BCUT2D eigenvalue weighted by Crippen LogP contribution is 2.44. The van der Waals surface area contributed by atoms with Crippen LogP contribution in [-0.4, -0.2) is 45.0 Å². The van der Waals surface area contributed by atoms with Gasteiger partial charge >= 0.3 is 0 Å². The molecule has 2 aliphatic rings. The number of hydrogen-bond donors (Lipinski definition) is 0. The van der Waals surface area contributed by atoms with Crippen LogP contribution in [0.3, 0.4) is 0 Å². The number of rotatable bonds is 5. The second-order valence-corrected chi connectivity index (χ2v) is 14.5. The first kappa shape index (κ1) is 27.2. The number of hydrogen-bond acceptors (Lipinski definition) is 2. The third-order valence-electron chi connectivity index (χ3n) is 9.15. The molecule has 6 atom stereocenters. The fourth-order valence-corrected chi connectivity index (χ4v) is 7.85. The van der Waals surface area contributed by atoms with Crippen LogP contribution in [0, 0.1) is 23.2 Å². The van der Waals surface area contributed by atoms with Gasteiger partial charge in [0.1, 0.15) is 0 Å². The van der Waals surface area contributed by atoms with E-state index >= 15 is 0 Å². The van der Waals surface area contributed by atoms with Crippen molar-refractivity contribution in [3.63, 3.8) is 0 Å². The van der Waals surface area contributed by atoms with E-state index in [0.717, 1.165) is 17.8 Å². The fraction of sp³-hybridized carbons (Fsp3) is 1.00. The quantitative estimate of drug-likeness (QED) is 0.432. The maximum absolute atomic E-state index is 2.88. The normalized spacial score (nSPS) is 35.9. The van der Waals surface area contributed by atoms with Crippen LogP contribution in [0.4, 0.5) is 0 Å². The van der Waals surface area contributed by atoms with E-state index in [1.54, 1.807) is 0 Å². The lowest BCUT2D eigenvalue weighted by Gasteiger charge is -2.54. The van der Waals surface area contributed by atoms with E-state index in [1.165, 1.54) is 38.5 Å². The van der Waals surface area contributed by atoms with Crippen LogP contribution in [-0.2, 0) is 0 Å². The van der Waals surface area contributed by atoms with E-state index in [2.05, 4.69) is 99.8 Å². The lowest BCUT2D eigenvalue weighted by molar-refractivity contribution is -0.0445. The first-order chi connectivity index (χ1) is 13.9. The van der Waals surface area contributed by atoms with Crippen molar-refractivity contribution in [1.29, 1.82) is 0 Å². The Morgan fingerprint density at radius 3 is 1.48 bits per heavy atom. The highest BCUT2D eigenvalue weighted by molar-refractivity contribution is 4.97. The molecule has 2 fully saturated rings. The topological polar surface area (TPSA) is 6.48 Å². The lowest BCUT2D eigenvalue weighted by atomic mass is 9.70. The third-order valence-corrected chi connectivity index (χ3v) is 9.15. The van der Waals surface area contributed by atoms with Crippen molar-refractivity contribution in [2.24, 2.45) is 23.2 Å². The molecule has 2 aliphatic heterocycles. The predicted octanol–water partition coefficient (Wildman–Crippen LogP) is 8.00. The second-order valence-electron chi connectivity index (χ2n) is 14.5. The maximum Gasteiger partial charge on any atom is 0.0159 e. The standard InChI is InChI=1S/C29H58N2/c1-20(25-16-21(2)30(22(3)17-25)28(9,10)11)14-15-29(12,13)31-23(4)18-26(19-24(31)5)27(6,7)8/h20-26H,14-19H2,1-13H3/t20?,21-,22-,23-,24+,26?/m0/s1. The molecule has 31 heavy (non-hydrogen) atoms. The van der Waals surface area contributed by atoms with Crippen LogP contribution < -0.4 is 0 Å². The van der Waals surface area contributed by atoms with E-state index in [1.807, 2.05) is 0 Å². The van der Waals surface area contributed by atoms with Gasteiger partial charge in [-0.25, -0.2) is 0 Å². The van der Waals surface area contributed by atoms with Crippen molar-refractivity contribution < 1.29 is 0 Å². The zero-order chi connectivity index (χ0) is 23.9. The van der Waals surface area contributed by atoms with Crippen LogP contribution in [0.25, 0.3) is 0 Å². The molecule has 0 N–H and O–H groups in total. The van der Waals surface area contributed by atoms with E-state index < -0.39 is 0 Å². The minimum Gasteiger partial charge on any atom is -0.293 e. The van der Waals surface area contributed by atoms with Crippen LogP contribution >= 0.6 is 0 Å². The average Bonchev–Trinajstić information content (AvgIpc) is 2.56. The Labute approximate surface area is 196 Å². The minimum absolute atomic E-state index is 0.278. The summed E-state index contributed by atoms with van der Waals surface area (Å²) in [6, 6.07) is 2.77. The van der Waals surface area contributed by atoms with Gasteiger partial charge in [-0.15, -0.1) is 0 Å². The van der Waals surface area contributed by atoms with Gasteiger partial charge in [0, 0.05) is 35.2 Å². The molecule has 2 rings (SSSR count). The van der Waals surface area contributed by atoms with Crippen LogP contribution in [0.15, 0.2) is 0 Å². The molecule has 0 aliphatic carbocycles. The zero-order valence-electron chi connectivity index (χ0n) is 23.7. The molecule has 2 heteroatoms. The van der Waals surface area contributed by atoms with Crippen molar-refractivity contribution >= 4 is 0 Å². The summed E-state index contributed by atoms with van der Waals surface area (Å²) in [4.78, 5) is 5.65. The summed E-state index contributed by atoms with van der Waals surface area (Å²) in [6.45, 7) is 32.0. The molecule has 2 nitrogen and oxygen atoms in total. The van der Waals surface area contributed by atoms with Crippen molar-refractivity contribution in [3.8, 4) is 0 Å². The Balaban J connectivity index is 1.97. The predicted molar refractivity (Wildman–Crippen MR) is 139 cm³/mol. The first-order valence-electron chi connectivity index (χ1n) is 13.5. The first-order valence-corrected chi connectivity index (χ1v) is 13.5. The summed E-state index contributed by atoms with van der Waals surface area (Å²) < 4.78 is 0. The van der Waals surface area contributed by atoms with Gasteiger partial charge < -0.3 is 0 Å². The summed E-state index contributed by atoms with van der Waals surface area (Å²) in [5, 5.41) is 0. The highest BCUT2D eigenvalue weighted by Gasteiger charge is 2.43. The Bertz CT molecular complexity index is 542. The Morgan fingerprint density at radius 1 is 0.677 bits per heavy atom. The van der Waals surface area contributed by atoms with E-state index in [9.17, 15) is 0 Å². The molecule has 0 bridgehead atoms. The summed E-state index contributed by atoms with van der Waals surface area (Å²) >= 11 is 0. The van der Waals surface area contributed by atoms with Gasteiger partial charge in [0.25, 0.3) is 0 Å². The minimum atomic E-state index is 0.278. The maximum atomic E-state index is 2.88. The average molecular weight is 435 g/mol. The Hall–Kier alpha value is -0.0800. The van der Waals surface area contributed by atoms with Gasteiger partial charge in [-0.05, 0) is 124 Å². The highest BCUT2D eigenvalue weighted by atomic mass is 15.3. The summed E-state index contributed by atoms with van der Waals surface area (Å²) in [5.41, 5.74) is 1.00. The Morgan fingerprint density at radius 2 is 1.10 bits per heavy atom. The van der Waals surface area contributed by atoms with Crippen LogP contribution in [0.2, 0.25) is 0 Å². The molecule has 0 spiro atoms. The van der Waals surface area contributed by atoms with Gasteiger partial charge in [-0.2, -0.15) is 0 Å². The van der Waals surface area contributed by atoms with Gasteiger partial charge in [0.2, 0.25) is 0 Å². The van der Waals surface area contributed by atoms with Crippen LogP contribution in [0.1, 0.15) is 129 Å². The van der Waals surface area contributed by atoms with Crippen molar-refractivity contribution in [3.05, 3.63) is 0 Å². The van der Waals surface area contributed by atoms with Gasteiger partial charge in [0.05, 0.1) is 0 Å². The van der Waals surface area contributed by atoms with E-state index in [-0.39, 0.29) is 5.54 Å². The second kappa shape index (κ2) is 9.65. The van der Waals surface area contributed by atoms with Crippen molar-refractivity contribution in [2.45, 2.75) is 164 Å². The molecular weight excluding hydrogens is 376 g/mol. The molecule has 0 aromatic carbocycles. The van der Waals surface area contributed by atoms with Gasteiger partial charge in [-0.3, -0.25) is 9.80 Å². The zero-order valence-corrected chi connectivity index (χ0v) is 23.7. The molecule has 0 aromatic heterocycles. The van der Waals surface area contributed by atoms with E-state index in [4.69, 9.17) is 0 Å². The molecule has 2 heterocycles. The smallest absolute Gasteiger partial charge is 0.0159 e. The molecule has 0 amide bonds. The lowest BCUT2D eigenvalue weighted by Crippen LogP contribution is -2.58. The fourth-order valence-electron chi connectivity index (χ4n) is 7.85. The molecule has 2 unspecified atom stereocenters. The Kier molecular flexibility index (Phi) is 8.46. The van der Waals surface area contributed by atoms with Crippen molar-refractivity contribution in [2.75, 3.05) is 0 Å². The molecule has 184 valence electrons. The van der Waals surface area contributed by atoms with Gasteiger partial charge in [-0.1, -0.05) is 27.7 Å². The SMILES string of the molecule is CC(CCC(C)(C)N1[C@H](C)CC(C(C)(C)C)C[C@@H]1C)C1C[C@H](C)N(C(C)(C)C)[C@@H](C)C1. The number of nitrogens with zero attached hydrogens (tertiary/aromatic N) is 2. The summed E-state index contributed by atoms with van der Waals surface area (Å²) in [7, 11) is 0. The summed E-state index contributed by atoms with van der Waals surface area (Å²) in [6.07, 6.45) is 8.14. The number of piperidine rings is 2. The third kappa shape index (κ3) is 6.50.